The number of nitrogens with one attached hydrogen (secondary N) is 1. The van der Waals surface area contributed by atoms with Gasteiger partial charge in [0.05, 0.1) is 18.7 Å². The van der Waals surface area contributed by atoms with E-state index < -0.39 is 0 Å². The molecule has 0 atom stereocenters. The highest BCUT2D eigenvalue weighted by atomic mass is 32.1. The lowest BCUT2D eigenvalue weighted by molar-refractivity contribution is -0.117. The van der Waals surface area contributed by atoms with Crippen LogP contribution < -0.4 is 5.32 Å². The van der Waals surface area contributed by atoms with Crippen molar-refractivity contribution < 1.29 is 14.3 Å². The second kappa shape index (κ2) is 9.34. The molecule has 0 aromatic carbocycles. The normalized spacial score (nSPS) is 15.9. The molecule has 1 N–H and O–H groups in total. The van der Waals surface area contributed by atoms with Gasteiger partial charge in [0.15, 0.2) is 0 Å². The van der Waals surface area contributed by atoms with Crippen LogP contribution in [0.2, 0.25) is 0 Å². The third kappa shape index (κ3) is 5.28. The molecule has 1 amide bonds. The Hall–Kier alpha value is -1.40. The van der Waals surface area contributed by atoms with Crippen LogP contribution in [0.4, 0.5) is 5.00 Å². The number of carbonyl (C=O) groups is 2. The minimum Gasteiger partial charge on any atom is -0.462 e. The van der Waals surface area contributed by atoms with E-state index in [1.165, 1.54) is 37.0 Å². The van der Waals surface area contributed by atoms with Crippen molar-refractivity contribution in [2.75, 3.05) is 25.5 Å². The number of nitrogens with zero attached hydrogens (tertiary/aromatic N) is 1. The maximum absolute atomic E-state index is 12.5. The van der Waals surface area contributed by atoms with Crippen molar-refractivity contribution in [2.45, 2.75) is 65.3 Å². The molecule has 0 radical (unpaired) electrons. The number of anilines is 1. The number of rotatable bonds is 6. The Bertz CT molecular complexity index is 604. The summed E-state index contributed by atoms with van der Waals surface area (Å²) in [5.41, 5.74) is 1.38. The summed E-state index contributed by atoms with van der Waals surface area (Å²) in [7, 11) is 2.02. The molecule has 0 unspecified atom stereocenters. The van der Waals surface area contributed by atoms with Gasteiger partial charge in [0.25, 0.3) is 0 Å². The largest absolute Gasteiger partial charge is 0.462 e. The van der Waals surface area contributed by atoms with E-state index in [1.54, 1.807) is 6.92 Å². The number of esters is 1. The van der Waals surface area contributed by atoms with Gasteiger partial charge in [-0.1, -0.05) is 25.7 Å². The molecular weight excluding hydrogens is 336 g/mol. The topological polar surface area (TPSA) is 58.6 Å². The highest BCUT2D eigenvalue weighted by molar-refractivity contribution is 7.16. The summed E-state index contributed by atoms with van der Waals surface area (Å²) in [4.78, 5) is 27.9. The first-order valence-corrected chi connectivity index (χ1v) is 10.0. The zero-order chi connectivity index (χ0) is 18.4. The van der Waals surface area contributed by atoms with Crippen LogP contribution >= 0.6 is 11.3 Å². The summed E-state index contributed by atoms with van der Waals surface area (Å²) in [6, 6.07) is 0.476. The Morgan fingerprint density at radius 2 is 1.84 bits per heavy atom. The zero-order valence-electron chi connectivity index (χ0n) is 15.8. The summed E-state index contributed by atoms with van der Waals surface area (Å²) in [5, 5.41) is 3.54. The van der Waals surface area contributed by atoms with Gasteiger partial charge in [-0.25, -0.2) is 4.79 Å². The molecule has 5 nitrogen and oxygen atoms in total. The highest BCUT2D eigenvalue weighted by Gasteiger charge is 2.24. The Morgan fingerprint density at radius 3 is 2.44 bits per heavy atom. The molecule has 1 aliphatic rings. The zero-order valence-corrected chi connectivity index (χ0v) is 16.6. The number of carbonyl (C=O) groups excluding carboxylic acids is 2. The fourth-order valence-corrected chi connectivity index (χ4v) is 4.45. The molecule has 2 rings (SSSR count). The second-order valence-corrected chi connectivity index (χ2v) is 8.04. The second-order valence-electron chi connectivity index (χ2n) is 6.82. The number of aryl methyl sites for hydroxylation is 1. The third-order valence-electron chi connectivity index (χ3n) is 4.96. The van der Waals surface area contributed by atoms with Crippen molar-refractivity contribution in [1.29, 1.82) is 0 Å². The van der Waals surface area contributed by atoms with Crippen LogP contribution in [0.3, 0.4) is 0 Å². The Balaban J connectivity index is 2.02. The number of amides is 1. The molecule has 1 fully saturated rings. The van der Waals surface area contributed by atoms with E-state index in [2.05, 4.69) is 10.2 Å². The average molecular weight is 367 g/mol. The predicted octanol–water partition coefficient (Wildman–Crippen LogP) is 4.13. The van der Waals surface area contributed by atoms with E-state index in [9.17, 15) is 9.59 Å². The summed E-state index contributed by atoms with van der Waals surface area (Å²) < 4.78 is 5.14. The van der Waals surface area contributed by atoms with Crippen molar-refractivity contribution in [1.82, 2.24) is 4.90 Å². The molecule has 25 heavy (non-hydrogen) atoms. The molecule has 1 saturated carbocycles. The standard InChI is InChI=1S/C19H30N2O3S/c1-5-24-19(23)17-13(2)14(3)25-18(17)20-16(22)12-21(4)15-10-8-6-7-9-11-15/h15H,5-12H2,1-4H3,(H,20,22). The van der Waals surface area contributed by atoms with E-state index in [-0.39, 0.29) is 11.9 Å². The highest BCUT2D eigenvalue weighted by Crippen LogP contribution is 2.33. The summed E-state index contributed by atoms with van der Waals surface area (Å²) in [5.74, 6) is -0.435. The van der Waals surface area contributed by atoms with E-state index in [4.69, 9.17) is 4.74 Å². The molecule has 0 aliphatic heterocycles. The van der Waals surface area contributed by atoms with Crippen LogP contribution in [0.15, 0.2) is 0 Å². The van der Waals surface area contributed by atoms with Gasteiger partial charge in [0.1, 0.15) is 5.00 Å². The van der Waals surface area contributed by atoms with Crippen molar-refractivity contribution in [3.63, 3.8) is 0 Å². The number of thiophene rings is 1. The molecule has 0 bridgehead atoms. The van der Waals surface area contributed by atoms with Gasteiger partial charge in [-0.2, -0.15) is 0 Å². The lowest BCUT2D eigenvalue weighted by Crippen LogP contribution is -2.37. The molecule has 1 aliphatic carbocycles. The minimum absolute atomic E-state index is 0.0708. The van der Waals surface area contributed by atoms with Crippen LogP contribution in [-0.4, -0.2) is 43.0 Å². The molecule has 1 aromatic heterocycles. The number of ether oxygens (including phenoxy) is 1. The molecule has 0 spiro atoms. The molecule has 1 aromatic rings. The first-order valence-electron chi connectivity index (χ1n) is 9.21. The quantitative estimate of drug-likeness (QED) is 0.607. The molecule has 140 valence electrons. The molecule has 0 saturated heterocycles. The SMILES string of the molecule is CCOC(=O)c1c(NC(=O)CN(C)C2CCCCCC2)sc(C)c1C. The van der Waals surface area contributed by atoms with E-state index >= 15 is 0 Å². The number of hydrogen-bond acceptors (Lipinski definition) is 5. The summed E-state index contributed by atoms with van der Waals surface area (Å²) >= 11 is 1.44. The fourth-order valence-electron chi connectivity index (χ4n) is 3.38. The van der Waals surface area contributed by atoms with Crippen LogP contribution in [-0.2, 0) is 9.53 Å². The van der Waals surface area contributed by atoms with Crippen LogP contribution in [0.5, 0.6) is 0 Å². The lowest BCUT2D eigenvalue weighted by Gasteiger charge is -2.26. The van der Waals surface area contributed by atoms with Gasteiger partial charge < -0.3 is 10.1 Å². The Labute approximate surface area is 154 Å². The van der Waals surface area contributed by atoms with E-state index in [0.29, 0.717) is 29.8 Å². The first-order chi connectivity index (χ1) is 11.9. The summed E-state index contributed by atoms with van der Waals surface area (Å²) in [6.07, 6.45) is 7.41. The van der Waals surface area contributed by atoms with Gasteiger partial charge >= 0.3 is 5.97 Å². The Morgan fingerprint density at radius 1 is 1.20 bits per heavy atom. The van der Waals surface area contributed by atoms with Gasteiger partial charge in [-0.15, -0.1) is 11.3 Å². The molecule has 1 heterocycles. The van der Waals surface area contributed by atoms with Crippen molar-refractivity contribution in [2.24, 2.45) is 0 Å². The van der Waals surface area contributed by atoms with Gasteiger partial charge in [0.2, 0.25) is 5.91 Å². The number of hydrogen-bond donors (Lipinski definition) is 1. The smallest absolute Gasteiger partial charge is 0.341 e. The monoisotopic (exact) mass is 366 g/mol. The lowest BCUT2D eigenvalue weighted by atomic mass is 10.1. The van der Waals surface area contributed by atoms with E-state index in [0.717, 1.165) is 23.3 Å². The van der Waals surface area contributed by atoms with Crippen LogP contribution in [0, 0.1) is 13.8 Å². The van der Waals surface area contributed by atoms with Crippen LogP contribution in [0.1, 0.15) is 66.2 Å². The van der Waals surface area contributed by atoms with Gasteiger partial charge in [0, 0.05) is 10.9 Å². The molecule has 6 heteroatoms. The van der Waals surface area contributed by atoms with Gasteiger partial charge in [-0.3, -0.25) is 9.69 Å². The number of likely N-dealkylation sites (N-methyl/N-ethyl adjacent to an activating group) is 1. The summed E-state index contributed by atoms with van der Waals surface area (Å²) in [6.45, 7) is 6.31. The van der Waals surface area contributed by atoms with Gasteiger partial charge in [-0.05, 0) is 46.2 Å². The maximum atomic E-state index is 12.5. The van der Waals surface area contributed by atoms with Crippen molar-refractivity contribution >= 4 is 28.2 Å². The Kier molecular flexibility index (Phi) is 7.44. The van der Waals surface area contributed by atoms with E-state index in [1.807, 2.05) is 20.9 Å². The average Bonchev–Trinajstić information content (AvgIpc) is 2.74. The minimum atomic E-state index is -0.364. The molecular formula is C19H30N2O3S. The predicted molar refractivity (Wildman–Crippen MR) is 102 cm³/mol. The first kappa shape index (κ1) is 19.9. The van der Waals surface area contributed by atoms with Crippen molar-refractivity contribution in [3.05, 3.63) is 16.0 Å². The van der Waals surface area contributed by atoms with Crippen molar-refractivity contribution in [3.8, 4) is 0 Å². The third-order valence-corrected chi connectivity index (χ3v) is 6.08. The fraction of sp³-hybridized carbons (Fsp3) is 0.684. The maximum Gasteiger partial charge on any atom is 0.341 e. The van der Waals surface area contributed by atoms with Crippen LogP contribution in [0.25, 0.3) is 0 Å².